The fraction of sp³-hybridized carbons (Fsp3) is 0.368. The molecule has 1 saturated heterocycles. The zero-order chi connectivity index (χ0) is 17.6. The van der Waals surface area contributed by atoms with Crippen LogP contribution in [0.4, 0.5) is 0 Å². The number of hydrogen-bond acceptors (Lipinski definition) is 4. The summed E-state index contributed by atoms with van der Waals surface area (Å²) < 4.78 is 11.8. The summed E-state index contributed by atoms with van der Waals surface area (Å²) in [6, 6.07) is 17.2. The summed E-state index contributed by atoms with van der Waals surface area (Å²) >= 11 is 0. The molecule has 0 aromatic heterocycles. The van der Waals surface area contributed by atoms with Crippen molar-refractivity contribution in [2.75, 3.05) is 0 Å². The van der Waals surface area contributed by atoms with E-state index in [1.54, 1.807) is 6.92 Å². The minimum absolute atomic E-state index is 0.509. The lowest BCUT2D eigenvalue weighted by atomic mass is 9.77. The van der Waals surface area contributed by atoms with E-state index in [0.717, 1.165) is 16.6 Å². The zero-order valence-electron chi connectivity index (χ0n) is 14.6. The van der Waals surface area contributed by atoms with E-state index >= 15 is 0 Å². The Labute approximate surface area is 143 Å². The Kier molecular flexibility index (Phi) is 4.08. The molecule has 1 aliphatic heterocycles. The second-order valence-corrected chi connectivity index (χ2v) is 7.25. The average Bonchev–Trinajstić information content (AvgIpc) is 2.76. The zero-order valence-corrected chi connectivity index (χ0v) is 14.6. The van der Waals surface area contributed by atoms with E-state index in [1.165, 1.54) is 0 Å². The molecule has 2 atom stereocenters. The molecule has 0 spiro atoms. The van der Waals surface area contributed by atoms with Crippen molar-refractivity contribution >= 4 is 12.6 Å². The van der Waals surface area contributed by atoms with Gasteiger partial charge in [-0.1, -0.05) is 54.6 Å². The largest absolute Gasteiger partial charge is 0.495 e. The molecular weight excluding hydrogens is 301 g/mol. The van der Waals surface area contributed by atoms with Crippen molar-refractivity contribution < 1.29 is 14.4 Å². The Hall–Kier alpha value is -1.66. The second kappa shape index (κ2) is 5.71. The molecule has 0 radical (unpaired) electrons. The van der Waals surface area contributed by atoms with E-state index in [2.05, 4.69) is 0 Å². The first-order valence-corrected chi connectivity index (χ1v) is 8.16. The molecule has 0 aliphatic carbocycles. The van der Waals surface area contributed by atoms with Gasteiger partial charge in [0.1, 0.15) is 11.3 Å². The van der Waals surface area contributed by atoms with Gasteiger partial charge in [0, 0.05) is 0 Å². The maximum absolute atomic E-state index is 10.9. The fourth-order valence-corrected chi connectivity index (χ4v) is 2.80. The van der Waals surface area contributed by atoms with Gasteiger partial charge in [0.05, 0.1) is 5.60 Å². The summed E-state index contributed by atoms with van der Waals surface area (Å²) in [4.78, 5) is 0. The van der Waals surface area contributed by atoms with Crippen molar-refractivity contribution in [2.45, 2.75) is 44.6 Å². The summed E-state index contributed by atoms with van der Waals surface area (Å²) in [5.74, 6) is 0. The van der Waals surface area contributed by atoms with Crippen LogP contribution in [0.1, 0.15) is 38.8 Å². The lowest BCUT2D eigenvalue weighted by molar-refractivity contribution is -0.00411. The van der Waals surface area contributed by atoms with Crippen LogP contribution in [-0.4, -0.2) is 23.6 Å². The second-order valence-electron chi connectivity index (χ2n) is 7.25. The van der Waals surface area contributed by atoms with Crippen LogP contribution >= 0.6 is 0 Å². The molecular formula is C19H24BNO3. The monoisotopic (exact) mass is 325 g/mol. The molecule has 2 aromatic carbocycles. The maximum Gasteiger partial charge on any atom is 0.495 e. The van der Waals surface area contributed by atoms with Gasteiger partial charge in [-0.25, -0.2) is 0 Å². The van der Waals surface area contributed by atoms with Gasteiger partial charge in [-0.15, -0.1) is 0 Å². The van der Waals surface area contributed by atoms with Gasteiger partial charge in [0.15, 0.2) is 0 Å². The standard InChI is InChI=1S/C19H24BNO3/c1-17(2)19(4,21)24-20(23-17)16-12-10-15(11-13-16)18(3,22)14-8-6-5-7-9-14/h5-13,22H,21H2,1-4H3/t18?,19-/m0/s1. The van der Waals surface area contributed by atoms with Crippen LogP contribution in [0.15, 0.2) is 54.6 Å². The Bertz CT molecular complexity index is 695. The molecule has 0 bridgehead atoms. The van der Waals surface area contributed by atoms with Crippen LogP contribution in [0.3, 0.4) is 0 Å². The van der Waals surface area contributed by atoms with E-state index in [4.69, 9.17) is 15.0 Å². The molecule has 24 heavy (non-hydrogen) atoms. The van der Waals surface area contributed by atoms with Crippen molar-refractivity contribution in [3.8, 4) is 0 Å². The van der Waals surface area contributed by atoms with Crippen LogP contribution in [0.2, 0.25) is 0 Å². The van der Waals surface area contributed by atoms with Gasteiger partial charge >= 0.3 is 7.12 Å². The molecule has 5 heteroatoms. The van der Waals surface area contributed by atoms with Gasteiger partial charge in [-0.2, -0.15) is 0 Å². The van der Waals surface area contributed by atoms with E-state index in [0.29, 0.717) is 0 Å². The van der Waals surface area contributed by atoms with Crippen LogP contribution in [-0.2, 0) is 14.9 Å². The highest BCUT2D eigenvalue weighted by atomic mass is 16.7. The third-order valence-electron chi connectivity index (χ3n) is 5.03. The Morgan fingerprint density at radius 3 is 1.96 bits per heavy atom. The highest BCUT2D eigenvalue weighted by Gasteiger charge is 2.52. The molecule has 0 saturated carbocycles. The number of rotatable bonds is 3. The molecule has 1 fully saturated rings. The Morgan fingerprint density at radius 2 is 1.46 bits per heavy atom. The first kappa shape index (κ1) is 17.2. The lowest BCUT2D eigenvalue weighted by Crippen LogP contribution is -2.52. The van der Waals surface area contributed by atoms with Crippen molar-refractivity contribution in [1.82, 2.24) is 0 Å². The minimum atomic E-state index is -1.06. The van der Waals surface area contributed by atoms with E-state index in [-0.39, 0.29) is 0 Å². The predicted octanol–water partition coefficient (Wildman–Crippen LogP) is 2.14. The molecule has 1 heterocycles. The Morgan fingerprint density at radius 1 is 0.917 bits per heavy atom. The average molecular weight is 325 g/mol. The summed E-state index contributed by atoms with van der Waals surface area (Å²) in [6.45, 7) is 7.45. The summed E-state index contributed by atoms with van der Waals surface area (Å²) in [5.41, 5.74) is 6.22. The van der Waals surface area contributed by atoms with Crippen LogP contribution < -0.4 is 11.2 Å². The predicted molar refractivity (Wildman–Crippen MR) is 95.8 cm³/mol. The third-order valence-corrected chi connectivity index (χ3v) is 5.03. The van der Waals surface area contributed by atoms with E-state index < -0.39 is 24.0 Å². The minimum Gasteiger partial charge on any atom is -0.398 e. The van der Waals surface area contributed by atoms with E-state index in [1.807, 2.05) is 75.4 Å². The first-order valence-electron chi connectivity index (χ1n) is 8.16. The number of benzene rings is 2. The number of nitrogens with two attached hydrogens (primary N) is 1. The van der Waals surface area contributed by atoms with Crippen molar-refractivity contribution in [3.63, 3.8) is 0 Å². The van der Waals surface area contributed by atoms with Gasteiger partial charge in [0.25, 0.3) is 0 Å². The molecule has 2 aromatic rings. The molecule has 3 rings (SSSR count). The van der Waals surface area contributed by atoms with Crippen molar-refractivity contribution in [3.05, 3.63) is 65.7 Å². The normalized spacial score (nSPS) is 25.5. The molecule has 1 aliphatic rings. The van der Waals surface area contributed by atoms with Crippen LogP contribution in [0, 0.1) is 0 Å². The summed E-state index contributed by atoms with van der Waals surface area (Å²) in [5, 5.41) is 10.9. The topological polar surface area (TPSA) is 64.7 Å². The summed E-state index contributed by atoms with van der Waals surface area (Å²) in [6.07, 6.45) is 0. The van der Waals surface area contributed by atoms with Crippen molar-refractivity contribution in [2.24, 2.45) is 5.73 Å². The first-order chi connectivity index (χ1) is 11.1. The summed E-state index contributed by atoms with van der Waals surface area (Å²) in [7, 11) is -0.509. The molecule has 0 amide bonds. The molecule has 126 valence electrons. The highest BCUT2D eigenvalue weighted by molar-refractivity contribution is 6.62. The van der Waals surface area contributed by atoms with Gasteiger partial charge in [0.2, 0.25) is 0 Å². The fourth-order valence-electron chi connectivity index (χ4n) is 2.80. The molecule has 1 unspecified atom stereocenters. The maximum atomic E-state index is 10.9. The smallest absolute Gasteiger partial charge is 0.398 e. The third kappa shape index (κ3) is 2.89. The number of aliphatic hydroxyl groups is 1. The van der Waals surface area contributed by atoms with E-state index in [9.17, 15) is 5.11 Å². The van der Waals surface area contributed by atoms with Gasteiger partial charge < -0.3 is 20.1 Å². The molecule has 4 nitrogen and oxygen atoms in total. The van der Waals surface area contributed by atoms with Crippen LogP contribution in [0.5, 0.6) is 0 Å². The SMILES string of the molecule is CC(O)(c1ccccc1)c1ccc(B2OC(C)(C)[C@@](C)(N)O2)cc1. The van der Waals surface area contributed by atoms with Gasteiger partial charge in [-0.05, 0) is 44.3 Å². The highest BCUT2D eigenvalue weighted by Crippen LogP contribution is 2.33. The number of hydrogen-bond donors (Lipinski definition) is 2. The van der Waals surface area contributed by atoms with Crippen LogP contribution in [0.25, 0.3) is 0 Å². The van der Waals surface area contributed by atoms with Gasteiger partial charge in [-0.3, -0.25) is 0 Å². The molecule has 3 N–H and O–H groups in total. The lowest BCUT2D eigenvalue weighted by Gasteiger charge is -2.31. The van der Waals surface area contributed by atoms with Crippen molar-refractivity contribution in [1.29, 1.82) is 0 Å². The quantitative estimate of drug-likeness (QED) is 0.849. The Balaban J connectivity index is 1.85.